The van der Waals surface area contributed by atoms with Crippen molar-refractivity contribution in [1.82, 2.24) is 5.32 Å². The Balaban J connectivity index is 2.35. The Morgan fingerprint density at radius 2 is 2.21 bits per heavy atom. The summed E-state index contributed by atoms with van der Waals surface area (Å²) in [7, 11) is 0. The third-order valence-electron chi connectivity index (χ3n) is 2.58. The minimum atomic E-state index is -0.160. The molecule has 0 heterocycles. The normalized spacial score (nSPS) is 12.2. The smallest absolute Gasteiger partial charge is 0.230 e. The van der Waals surface area contributed by atoms with Crippen molar-refractivity contribution in [2.75, 3.05) is 12.4 Å². The third kappa shape index (κ3) is 6.04. The average molecular weight is 322 g/mol. The number of carbonyl (C=O) groups is 1. The minimum Gasteiger partial charge on any atom is -0.394 e. The lowest BCUT2D eigenvalue weighted by Crippen LogP contribution is -2.37. The van der Waals surface area contributed by atoms with Crippen LogP contribution in [0.3, 0.4) is 0 Å². The van der Waals surface area contributed by atoms with Crippen molar-refractivity contribution in [3.05, 3.63) is 33.8 Å². The monoisotopic (exact) mass is 321 g/mol. The summed E-state index contributed by atoms with van der Waals surface area (Å²) in [5, 5.41) is 13.0. The van der Waals surface area contributed by atoms with Crippen molar-refractivity contribution in [3.63, 3.8) is 0 Å². The fourth-order valence-electron chi connectivity index (χ4n) is 1.44. The van der Waals surface area contributed by atoms with Crippen LogP contribution in [0.2, 0.25) is 10.0 Å². The zero-order valence-electron chi connectivity index (χ0n) is 10.7. The molecule has 0 spiro atoms. The van der Waals surface area contributed by atoms with E-state index in [0.29, 0.717) is 21.6 Å². The Kier molecular flexibility index (Phi) is 7.61. The Labute approximate surface area is 127 Å². The molecule has 0 fully saturated rings. The van der Waals surface area contributed by atoms with Crippen LogP contribution in [0.15, 0.2) is 18.2 Å². The zero-order chi connectivity index (χ0) is 14.3. The molecule has 1 aromatic rings. The number of aliphatic hydroxyl groups is 1. The number of hydrogen-bond acceptors (Lipinski definition) is 3. The maximum Gasteiger partial charge on any atom is 0.230 e. The standard InChI is InChI=1S/C13H17Cl2NO2S/c1-2-11(6-17)16-13(18)8-19-7-9-3-4-10(14)5-12(9)15/h3-5,11,17H,2,6-8H2,1H3,(H,16,18). The van der Waals surface area contributed by atoms with E-state index in [0.717, 1.165) is 12.0 Å². The van der Waals surface area contributed by atoms with Crippen LogP contribution in [0.1, 0.15) is 18.9 Å². The van der Waals surface area contributed by atoms with Gasteiger partial charge < -0.3 is 10.4 Å². The number of aliphatic hydroxyl groups excluding tert-OH is 1. The Morgan fingerprint density at radius 3 is 2.79 bits per heavy atom. The molecule has 1 atom stereocenters. The van der Waals surface area contributed by atoms with E-state index in [9.17, 15) is 4.79 Å². The first-order chi connectivity index (χ1) is 9.06. The van der Waals surface area contributed by atoms with Crippen LogP contribution in [0.4, 0.5) is 0 Å². The Morgan fingerprint density at radius 1 is 1.47 bits per heavy atom. The summed E-state index contributed by atoms with van der Waals surface area (Å²) in [6.45, 7) is 1.89. The molecule has 1 rings (SSSR count). The summed E-state index contributed by atoms with van der Waals surface area (Å²) in [5.74, 6) is 0.922. The molecule has 0 radical (unpaired) electrons. The molecule has 3 nitrogen and oxygen atoms in total. The first kappa shape index (κ1) is 16.6. The number of halogens is 2. The van der Waals surface area contributed by atoms with Crippen LogP contribution in [0.5, 0.6) is 0 Å². The summed E-state index contributed by atoms with van der Waals surface area (Å²) in [6, 6.07) is 5.17. The van der Waals surface area contributed by atoms with E-state index in [1.807, 2.05) is 13.0 Å². The number of benzene rings is 1. The van der Waals surface area contributed by atoms with E-state index < -0.39 is 0 Å². The second-order valence-corrected chi connectivity index (χ2v) is 5.91. The van der Waals surface area contributed by atoms with Crippen molar-refractivity contribution >= 4 is 40.9 Å². The van der Waals surface area contributed by atoms with Gasteiger partial charge >= 0.3 is 0 Å². The molecular formula is C13H17Cl2NO2S. The quantitative estimate of drug-likeness (QED) is 0.811. The van der Waals surface area contributed by atoms with E-state index in [-0.39, 0.29) is 18.6 Å². The molecule has 1 aromatic carbocycles. The summed E-state index contributed by atoms with van der Waals surface area (Å²) in [6.07, 6.45) is 0.718. The van der Waals surface area contributed by atoms with Crippen LogP contribution in [0.25, 0.3) is 0 Å². The second kappa shape index (κ2) is 8.69. The van der Waals surface area contributed by atoms with Gasteiger partial charge in [0.2, 0.25) is 5.91 Å². The third-order valence-corrected chi connectivity index (χ3v) is 4.15. The van der Waals surface area contributed by atoms with E-state index in [1.54, 1.807) is 12.1 Å². The molecule has 0 aromatic heterocycles. The number of nitrogens with one attached hydrogen (secondary N) is 1. The van der Waals surface area contributed by atoms with Gasteiger partial charge in [0.25, 0.3) is 0 Å². The molecule has 1 unspecified atom stereocenters. The van der Waals surface area contributed by atoms with Crippen molar-refractivity contribution in [2.45, 2.75) is 25.1 Å². The summed E-state index contributed by atoms with van der Waals surface area (Å²) >= 11 is 13.3. The van der Waals surface area contributed by atoms with Crippen LogP contribution < -0.4 is 5.32 Å². The van der Waals surface area contributed by atoms with Gasteiger partial charge in [0, 0.05) is 15.8 Å². The van der Waals surface area contributed by atoms with Crippen molar-refractivity contribution in [3.8, 4) is 0 Å². The van der Waals surface area contributed by atoms with E-state index >= 15 is 0 Å². The predicted molar refractivity (Wildman–Crippen MR) is 81.9 cm³/mol. The first-order valence-electron chi connectivity index (χ1n) is 5.98. The highest BCUT2D eigenvalue weighted by atomic mass is 35.5. The highest BCUT2D eigenvalue weighted by Gasteiger charge is 2.09. The topological polar surface area (TPSA) is 49.3 Å². The fraction of sp³-hybridized carbons (Fsp3) is 0.462. The molecule has 19 heavy (non-hydrogen) atoms. The number of carbonyl (C=O) groups excluding carboxylic acids is 1. The highest BCUT2D eigenvalue weighted by molar-refractivity contribution is 7.99. The van der Waals surface area contributed by atoms with Gasteiger partial charge in [0.1, 0.15) is 0 Å². The maximum atomic E-state index is 11.6. The van der Waals surface area contributed by atoms with Gasteiger partial charge in [0.05, 0.1) is 18.4 Å². The summed E-state index contributed by atoms with van der Waals surface area (Å²) < 4.78 is 0. The predicted octanol–water partition coefficient (Wildman–Crippen LogP) is 3.11. The first-order valence-corrected chi connectivity index (χ1v) is 7.89. The maximum absolute atomic E-state index is 11.6. The molecule has 106 valence electrons. The fourth-order valence-corrected chi connectivity index (χ4v) is 2.84. The van der Waals surface area contributed by atoms with Crippen LogP contribution in [0, 0.1) is 0 Å². The van der Waals surface area contributed by atoms with Gasteiger partial charge in [0.15, 0.2) is 0 Å². The van der Waals surface area contributed by atoms with Crippen molar-refractivity contribution in [2.24, 2.45) is 0 Å². The number of amides is 1. The molecule has 2 N–H and O–H groups in total. The number of rotatable bonds is 7. The van der Waals surface area contributed by atoms with Crippen molar-refractivity contribution in [1.29, 1.82) is 0 Å². The summed E-state index contributed by atoms with van der Waals surface area (Å²) in [5.41, 5.74) is 0.957. The van der Waals surface area contributed by atoms with E-state index in [4.69, 9.17) is 28.3 Å². The largest absolute Gasteiger partial charge is 0.394 e. The molecule has 0 aliphatic rings. The lowest BCUT2D eigenvalue weighted by atomic mass is 10.2. The average Bonchev–Trinajstić information content (AvgIpc) is 2.38. The van der Waals surface area contributed by atoms with Gasteiger partial charge in [-0.1, -0.05) is 36.2 Å². The van der Waals surface area contributed by atoms with Gasteiger partial charge in [-0.05, 0) is 24.1 Å². The van der Waals surface area contributed by atoms with E-state index in [2.05, 4.69) is 5.32 Å². The molecule has 0 saturated heterocycles. The SMILES string of the molecule is CCC(CO)NC(=O)CSCc1ccc(Cl)cc1Cl. The lowest BCUT2D eigenvalue weighted by Gasteiger charge is -2.13. The lowest BCUT2D eigenvalue weighted by molar-refractivity contribution is -0.119. The van der Waals surface area contributed by atoms with Gasteiger partial charge in [-0.15, -0.1) is 11.8 Å². The number of hydrogen-bond donors (Lipinski definition) is 2. The summed E-state index contributed by atoms with van der Waals surface area (Å²) in [4.78, 5) is 11.6. The molecule has 6 heteroatoms. The van der Waals surface area contributed by atoms with Crippen LogP contribution >= 0.6 is 35.0 Å². The molecular weight excluding hydrogens is 305 g/mol. The Hall–Kier alpha value is -0.420. The van der Waals surface area contributed by atoms with Gasteiger partial charge in [-0.2, -0.15) is 0 Å². The Bertz CT molecular complexity index is 425. The molecule has 1 amide bonds. The van der Waals surface area contributed by atoms with E-state index in [1.165, 1.54) is 11.8 Å². The van der Waals surface area contributed by atoms with Crippen LogP contribution in [-0.2, 0) is 10.5 Å². The molecule has 0 aliphatic heterocycles. The molecule has 0 saturated carbocycles. The highest BCUT2D eigenvalue weighted by Crippen LogP contribution is 2.24. The molecule has 0 bridgehead atoms. The molecule has 0 aliphatic carbocycles. The van der Waals surface area contributed by atoms with Gasteiger partial charge in [-0.3, -0.25) is 4.79 Å². The zero-order valence-corrected chi connectivity index (χ0v) is 13.0. The van der Waals surface area contributed by atoms with Crippen LogP contribution in [-0.4, -0.2) is 29.4 Å². The van der Waals surface area contributed by atoms with Gasteiger partial charge in [-0.25, -0.2) is 0 Å². The number of thioether (sulfide) groups is 1. The second-order valence-electron chi connectivity index (χ2n) is 4.08. The van der Waals surface area contributed by atoms with Crippen molar-refractivity contribution < 1.29 is 9.90 Å². The minimum absolute atomic E-state index is 0.0318.